The van der Waals surface area contributed by atoms with Gasteiger partial charge in [0.05, 0.1) is 12.2 Å². The summed E-state index contributed by atoms with van der Waals surface area (Å²) in [5, 5.41) is 0. The molecule has 41 heavy (non-hydrogen) atoms. The van der Waals surface area contributed by atoms with Crippen LogP contribution >= 0.6 is 0 Å². The Hall–Kier alpha value is -3.65. The van der Waals surface area contributed by atoms with E-state index in [-0.39, 0.29) is 18.7 Å². The highest BCUT2D eigenvalue weighted by Crippen LogP contribution is 2.33. The Kier molecular flexibility index (Phi) is 8.50. The van der Waals surface area contributed by atoms with Crippen LogP contribution in [0.3, 0.4) is 0 Å². The zero-order valence-electron chi connectivity index (χ0n) is 25.0. The van der Waals surface area contributed by atoms with Crippen molar-refractivity contribution in [3.63, 3.8) is 0 Å². The van der Waals surface area contributed by atoms with Crippen LogP contribution in [0.15, 0.2) is 18.5 Å². The number of aryl methyl sites for hydroxylation is 1. The fraction of sp³-hybridized carbons (Fsp3) is 0.633. The number of anilines is 2. The molecule has 0 aliphatic carbocycles. The monoisotopic (exact) mass is 562 g/mol. The highest BCUT2D eigenvalue weighted by molar-refractivity contribution is 5.69. The molecule has 2 saturated heterocycles. The summed E-state index contributed by atoms with van der Waals surface area (Å²) in [7, 11) is 2.14. The second kappa shape index (κ2) is 12.1. The molecule has 220 valence electrons. The molecule has 1 amide bonds. The van der Waals surface area contributed by atoms with Gasteiger partial charge in [-0.2, -0.15) is 9.97 Å². The Morgan fingerprint density at radius 1 is 1.15 bits per heavy atom. The first-order valence-electron chi connectivity index (χ1n) is 14.6. The predicted molar refractivity (Wildman–Crippen MR) is 157 cm³/mol. The maximum absolute atomic E-state index is 13.0. The molecule has 2 fully saturated rings. The quantitative estimate of drug-likeness (QED) is 0.490. The number of hydrogen-bond donors (Lipinski definition) is 0. The van der Waals surface area contributed by atoms with E-state index >= 15 is 0 Å². The largest absolute Gasteiger partial charge is 0.462 e. The Morgan fingerprint density at radius 2 is 1.98 bits per heavy atom. The minimum Gasteiger partial charge on any atom is -0.462 e. The van der Waals surface area contributed by atoms with Crippen molar-refractivity contribution in [2.24, 2.45) is 0 Å². The summed E-state index contributed by atoms with van der Waals surface area (Å²) in [6, 6.07) is 2.51. The maximum Gasteiger partial charge on any atom is 0.410 e. The molecule has 2 aromatic rings. The lowest BCUT2D eigenvalue weighted by molar-refractivity contribution is 0.0155. The van der Waals surface area contributed by atoms with Crippen molar-refractivity contribution >= 4 is 17.6 Å². The van der Waals surface area contributed by atoms with Crippen LogP contribution in [-0.4, -0.2) is 101 Å². The number of aromatic nitrogens is 3. The van der Waals surface area contributed by atoms with E-state index in [2.05, 4.69) is 44.6 Å². The van der Waals surface area contributed by atoms with Crippen molar-refractivity contribution in [3.05, 3.63) is 46.7 Å². The minimum atomic E-state index is -0.596. The number of ether oxygens (including phenoxy) is 2. The molecule has 2 aromatic heterocycles. The van der Waals surface area contributed by atoms with Gasteiger partial charge >= 0.3 is 12.1 Å². The molecule has 0 spiro atoms. The Balaban J connectivity index is 1.43. The van der Waals surface area contributed by atoms with Crippen molar-refractivity contribution in [1.82, 2.24) is 24.8 Å². The standard InChI is InChI=1S/C30H42N8O3/c1-21-16-32-11-9-26(21)36-13-10-24-25(19-36)33-28(40-20-22-8-7-12-35(22)6)34-27(24)37-14-15-38(23(18-37)17-31-5)29(39)41-30(2,3)4/h9,11,16,22-23H,7-8,10,12-15,17-20H2,1-4,6H3/t22-,23-/m0/s1. The van der Waals surface area contributed by atoms with E-state index in [9.17, 15) is 4.79 Å². The van der Waals surface area contributed by atoms with Gasteiger partial charge in [0.25, 0.3) is 0 Å². The molecular formula is C30H42N8O3. The molecule has 0 bridgehead atoms. The number of fused-ring (bicyclic) bond motifs is 1. The summed E-state index contributed by atoms with van der Waals surface area (Å²) in [5.41, 5.74) is 3.77. The molecule has 0 N–H and O–H groups in total. The van der Waals surface area contributed by atoms with Crippen LogP contribution in [0.1, 0.15) is 50.4 Å². The summed E-state index contributed by atoms with van der Waals surface area (Å²) in [6.45, 7) is 20.1. The van der Waals surface area contributed by atoms with Crippen LogP contribution in [0.4, 0.5) is 16.3 Å². The van der Waals surface area contributed by atoms with Crippen molar-refractivity contribution in [3.8, 4) is 6.01 Å². The molecule has 3 aliphatic heterocycles. The number of piperazine rings is 1. The van der Waals surface area contributed by atoms with Gasteiger partial charge in [-0.3, -0.25) is 9.88 Å². The summed E-state index contributed by atoms with van der Waals surface area (Å²) in [6.07, 6.45) is 6.42. The molecule has 0 aromatic carbocycles. The van der Waals surface area contributed by atoms with Gasteiger partial charge < -0.3 is 29.0 Å². The number of amides is 1. The zero-order chi connectivity index (χ0) is 29.1. The van der Waals surface area contributed by atoms with E-state index < -0.39 is 5.60 Å². The lowest BCUT2D eigenvalue weighted by atomic mass is 10.0. The SMILES string of the molecule is [C-]#[N+]C[C@H]1CN(c2nc(OC[C@@H]3CCCN3C)nc3c2CCN(c2ccncc2C)C3)CCN1C(=O)OC(C)(C)C. The summed E-state index contributed by atoms with van der Waals surface area (Å²) < 4.78 is 11.9. The van der Waals surface area contributed by atoms with E-state index in [0.717, 1.165) is 54.3 Å². The fourth-order valence-corrected chi connectivity index (χ4v) is 5.97. The van der Waals surface area contributed by atoms with Gasteiger partial charge in [-0.1, -0.05) is 0 Å². The Bertz CT molecular complexity index is 1290. The highest BCUT2D eigenvalue weighted by Gasteiger charge is 2.37. The third-order valence-corrected chi connectivity index (χ3v) is 8.14. The minimum absolute atomic E-state index is 0.204. The molecule has 0 radical (unpaired) electrons. The molecule has 0 saturated carbocycles. The molecule has 5 heterocycles. The molecule has 5 rings (SSSR count). The molecule has 11 heteroatoms. The fourth-order valence-electron chi connectivity index (χ4n) is 5.97. The van der Waals surface area contributed by atoms with Crippen LogP contribution in [0.25, 0.3) is 4.85 Å². The predicted octanol–water partition coefficient (Wildman–Crippen LogP) is 3.56. The Labute approximate surface area is 243 Å². The third-order valence-electron chi connectivity index (χ3n) is 8.14. The second-order valence-electron chi connectivity index (χ2n) is 12.3. The summed E-state index contributed by atoms with van der Waals surface area (Å²) >= 11 is 0. The molecule has 2 atom stereocenters. The first-order chi connectivity index (χ1) is 19.6. The van der Waals surface area contributed by atoms with Gasteiger partial charge in [0, 0.05) is 55.9 Å². The number of pyridine rings is 1. The molecule has 0 unspecified atom stereocenters. The topological polar surface area (TPSA) is 91.5 Å². The van der Waals surface area contributed by atoms with Gasteiger partial charge in [0.2, 0.25) is 6.54 Å². The lowest BCUT2D eigenvalue weighted by Crippen LogP contribution is -2.57. The maximum atomic E-state index is 13.0. The normalized spacial score (nSPS) is 21.4. The molecule has 3 aliphatic rings. The van der Waals surface area contributed by atoms with Crippen LogP contribution in [0.2, 0.25) is 0 Å². The van der Waals surface area contributed by atoms with E-state index in [1.54, 1.807) is 4.90 Å². The van der Waals surface area contributed by atoms with Crippen LogP contribution in [-0.2, 0) is 17.7 Å². The van der Waals surface area contributed by atoms with Crippen LogP contribution in [0, 0.1) is 13.5 Å². The van der Waals surface area contributed by atoms with Crippen molar-refractivity contribution < 1.29 is 14.3 Å². The lowest BCUT2D eigenvalue weighted by Gasteiger charge is -2.41. The van der Waals surface area contributed by atoms with Gasteiger partial charge in [-0.05, 0) is 72.2 Å². The second-order valence-corrected chi connectivity index (χ2v) is 12.3. The van der Waals surface area contributed by atoms with E-state index in [1.807, 2.05) is 33.2 Å². The smallest absolute Gasteiger partial charge is 0.410 e. The van der Waals surface area contributed by atoms with Gasteiger partial charge in [-0.15, -0.1) is 0 Å². The highest BCUT2D eigenvalue weighted by atomic mass is 16.6. The number of rotatable bonds is 6. The van der Waals surface area contributed by atoms with Crippen molar-refractivity contribution in [2.45, 2.75) is 71.2 Å². The molecular weight excluding hydrogens is 520 g/mol. The van der Waals surface area contributed by atoms with Crippen molar-refractivity contribution in [1.29, 1.82) is 0 Å². The average Bonchev–Trinajstić information content (AvgIpc) is 3.35. The third kappa shape index (κ3) is 6.64. The van der Waals surface area contributed by atoms with Gasteiger partial charge in [0.15, 0.2) is 0 Å². The van der Waals surface area contributed by atoms with Gasteiger partial charge in [0.1, 0.15) is 24.1 Å². The van der Waals surface area contributed by atoms with E-state index in [0.29, 0.717) is 44.8 Å². The van der Waals surface area contributed by atoms with Crippen LogP contribution < -0.4 is 14.5 Å². The number of hydrogen-bond acceptors (Lipinski definition) is 9. The van der Waals surface area contributed by atoms with E-state index in [4.69, 9.17) is 26.0 Å². The Morgan fingerprint density at radius 3 is 2.68 bits per heavy atom. The van der Waals surface area contributed by atoms with E-state index in [1.165, 1.54) is 6.42 Å². The summed E-state index contributed by atoms with van der Waals surface area (Å²) in [4.78, 5) is 39.4. The van der Waals surface area contributed by atoms with Gasteiger partial charge in [-0.25, -0.2) is 11.4 Å². The van der Waals surface area contributed by atoms with Crippen LogP contribution in [0.5, 0.6) is 6.01 Å². The zero-order valence-corrected chi connectivity index (χ0v) is 25.0. The first-order valence-corrected chi connectivity index (χ1v) is 14.6. The summed E-state index contributed by atoms with van der Waals surface area (Å²) in [5.74, 6) is 0.856. The molecule has 11 nitrogen and oxygen atoms in total. The number of carbonyl (C=O) groups is 1. The van der Waals surface area contributed by atoms with Crippen molar-refractivity contribution in [2.75, 3.05) is 62.7 Å². The average molecular weight is 563 g/mol. The number of nitrogens with zero attached hydrogens (tertiary/aromatic N) is 8. The number of likely N-dealkylation sites (tertiary alicyclic amines) is 1. The number of carbonyl (C=O) groups excluding carboxylic acids is 1. The number of likely N-dealkylation sites (N-methyl/N-ethyl adjacent to an activating group) is 1. The first kappa shape index (κ1) is 28.9.